The van der Waals surface area contributed by atoms with Gasteiger partial charge in [0.25, 0.3) is 0 Å². The molecule has 0 fully saturated rings. The van der Waals surface area contributed by atoms with E-state index in [1.165, 1.54) is 23.1 Å². The molecule has 0 saturated carbocycles. The van der Waals surface area contributed by atoms with Crippen LogP contribution in [0.5, 0.6) is 0 Å². The summed E-state index contributed by atoms with van der Waals surface area (Å²) in [7, 11) is 0. The summed E-state index contributed by atoms with van der Waals surface area (Å²) in [5, 5.41) is 14.7. The van der Waals surface area contributed by atoms with Crippen LogP contribution in [-0.4, -0.2) is 34.2 Å². The van der Waals surface area contributed by atoms with Crippen LogP contribution in [-0.2, 0) is 11.2 Å². The molecule has 0 radical (unpaired) electrons. The fourth-order valence-corrected chi connectivity index (χ4v) is 4.11. The Hall–Kier alpha value is -2.19. The van der Waals surface area contributed by atoms with Gasteiger partial charge in [-0.1, -0.05) is 29.2 Å². The molecule has 0 spiro atoms. The van der Waals surface area contributed by atoms with Gasteiger partial charge in [0.2, 0.25) is 11.0 Å². The number of fused-ring (bicyclic) bond motifs is 1. The molecule has 0 bridgehead atoms. The van der Waals surface area contributed by atoms with Gasteiger partial charge < -0.3 is 10.6 Å². The predicted molar refractivity (Wildman–Crippen MR) is 102 cm³/mol. The number of amides is 1. The van der Waals surface area contributed by atoms with Crippen molar-refractivity contribution in [3.63, 3.8) is 0 Å². The number of hydrogen-bond donors (Lipinski definition) is 2. The van der Waals surface area contributed by atoms with Gasteiger partial charge in [0.15, 0.2) is 10.1 Å². The zero-order valence-electron chi connectivity index (χ0n) is 13.6. The average molecular weight is 374 g/mol. The fourth-order valence-electron chi connectivity index (χ4n) is 2.46. The quantitative estimate of drug-likeness (QED) is 0.439. The van der Waals surface area contributed by atoms with Crippen molar-refractivity contribution in [2.24, 2.45) is 0 Å². The Morgan fingerprint density at radius 3 is 3.12 bits per heavy atom. The summed E-state index contributed by atoms with van der Waals surface area (Å²) in [5.74, 6) is 0.381. The predicted octanol–water partition coefficient (Wildman–Crippen LogP) is 3.39. The van der Waals surface area contributed by atoms with E-state index in [2.05, 4.69) is 27.4 Å². The lowest BCUT2D eigenvalue weighted by Gasteiger charge is -2.08. The van der Waals surface area contributed by atoms with Crippen molar-refractivity contribution < 1.29 is 9.59 Å². The molecule has 2 N–H and O–H groups in total. The maximum Gasteiger partial charge on any atom is 0.224 e. The van der Waals surface area contributed by atoms with Crippen LogP contribution in [0.2, 0.25) is 0 Å². The van der Waals surface area contributed by atoms with E-state index in [4.69, 9.17) is 0 Å². The Bertz CT molecular complexity index is 804. The van der Waals surface area contributed by atoms with Gasteiger partial charge in [0, 0.05) is 24.2 Å². The third-order valence-corrected chi connectivity index (χ3v) is 5.70. The van der Waals surface area contributed by atoms with Crippen molar-refractivity contribution in [3.8, 4) is 0 Å². The maximum absolute atomic E-state index is 12.5. The zero-order valence-corrected chi connectivity index (χ0v) is 15.2. The summed E-state index contributed by atoms with van der Waals surface area (Å²) in [4.78, 5) is 24.0. The Balaban J connectivity index is 1.61. The van der Waals surface area contributed by atoms with Crippen LogP contribution in [0.15, 0.2) is 35.2 Å². The first-order valence-electron chi connectivity index (χ1n) is 7.93. The number of rotatable bonds is 7. The number of hydrogen-bond acceptors (Lipinski definition) is 7. The molecule has 1 aliphatic heterocycles. The topological polar surface area (TPSA) is 84.0 Å². The summed E-state index contributed by atoms with van der Waals surface area (Å²) in [6, 6.07) is 5.48. The maximum atomic E-state index is 12.5. The number of Topliss-reactive ketones (excluding diaryl/α,β-unsaturated/α-hetero) is 1. The minimum Gasteiger partial charge on any atom is -0.357 e. The number of carbonyl (C=O) groups excluding carboxylic acids is 2. The van der Waals surface area contributed by atoms with Gasteiger partial charge in [-0.15, -0.1) is 16.8 Å². The third kappa shape index (κ3) is 4.67. The molecule has 25 heavy (non-hydrogen) atoms. The van der Waals surface area contributed by atoms with Gasteiger partial charge >= 0.3 is 0 Å². The van der Waals surface area contributed by atoms with Crippen molar-refractivity contribution >= 4 is 45.6 Å². The SMILES string of the molecule is C=CCNc1nnc(SCC(=O)c2ccc3c(c2)CCCC(=O)N3)s1. The average Bonchev–Trinajstić information content (AvgIpc) is 2.98. The van der Waals surface area contributed by atoms with Gasteiger partial charge in [0.05, 0.1) is 5.75 Å². The Morgan fingerprint density at radius 1 is 1.40 bits per heavy atom. The van der Waals surface area contributed by atoms with E-state index in [1.54, 1.807) is 12.1 Å². The first-order valence-corrected chi connectivity index (χ1v) is 9.73. The summed E-state index contributed by atoms with van der Waals surface area (Å²) < 4.78 is 0.752. The standard InChI is InChI=1S/C17H18N4O2S2/c1-2-8-18-16-20-21-17(25-16)24-10-14(22)12-6-7-13-11(9-12)4-3-5-15(23)19-13/h2,6-7,9H,1,3-5,8,10H2,(H,18,20)(H,19,23). The van der Waals surface area contributed by atoms with E-state index >= 15 is 0 Å². The normalized spacial score (nSPS) is 13.5. The fraction of sp³-hybridized carbons (Fsp3) is 0.294. The molecule has 2 heterocycles. The highest BCUT2D eigenvalue weighted by Crippen LogP contribution is 2.27. The van der Waals surface area contributed by atoms with E-state index in [1.807, 2.05) is 12.1 Å². The summed E-state index contributed by atoms with van der Waals surface area (Å²) in [6.07, 6.45) is 3.87. The highest BCUT2D eigenvalue weighted by atomic mass is 32.2. The molecule has 1 aliphatic rings. The molecule has 8 heteroatoms. The number of aromatic nitrogens is 2. The molecule has 2 aromatic rings. The first kappa shape index (κ1) is 17.6. The molecule has 0 saturated heterocycles. The van der Waals surface area contributed by atoms with Crippen molar-refractivity contribution in [1.29, 1.82) is 0 Å². The van der Waals surface area contributed by atoms with E-state index < -0.39 is 0 Å². The number of benzene rings is 1. The molecule has 0 aliphatic carbocycles. The number of carbonyl (C=O) groups is 2. The van der Waals surface area contributed by atoms with E-state index in [9.17, 15) is 9.59 Å². The van der Waals surface area contributed by atoms with Crippen molar-refractivity contribution in [1.82, 2.24) is 10.2 Å². The highest BCUT2D eigenvalue weighted by Gasteiger charge is 2.16. The van der Waals surface area contributed by atoms with Gasteiger partial charge in [0.1, 0.15) is 0 Å². The smallest absolute Gasteiger partial charge is 0.224 e. The Labute approximate surface area is 154 Å². The molecule has 3 rings (SSSR count). The van der Waals surface area contributed by atoms with Gasteiger partial charge in [-0.05, 0) is 36.6 Å². The van der Waals surface area contributed by atoms with Gasteiger partial charge in [-0.2, -0.15) is 0 Å². The molecule has 1 aromatic carbocycles. The lowest BCUT2D eigenvalue weighted by atomic mass is 10.0. The minimum absolute atomic E-state index is 0.0329. The molecule has 0 unspecified atom stereocenters. The molecular formula is C17H18N4O2S2. The van der Waals surface area contributed by atoms with E-state index in [-0.39, 0.29) is 11.7 Å². The molecule has 1 aromatic heterocycles. The number of nitrogens with one attached hydrogen (secondary N) is 2. The van der Waals surface area contributed by atoms with Crippen LogP contribution in [0.4, 0.5) is 10.8 Å². The van der Waals surface area contributed by atoms with Crippen LogP contribution in [0.3, 0.4) is 0 Å². The Kier molecular flexibility index (Phi) is 5.83. The Morgan fingerprint density at radius 2 is 2.28 bits per heavy atom. The highest BCUT2D eigenvalue weighted by molar-refractivity contribution is 8.01. The third-order valence-electron chi connectivity index (χ3n) is 3.68. The minimum atomic E-state index is 0.0329. The lowest BCUT2D eigenvalue weighted by Crippen LogP contribution is -2.10. The van der Waals surface area contributed by atoms with Crippen molar-refractivity contribution in [2.75, 3.05) is 22.9 Å². The summed E-state index contributed by atoms with van der Waals surface area (Å²) >= 11 is 2.80. The number of ketones is 1. The monoisotopic (exact) mass is 374 g/mol. The summed E-state index contributed by atoms with van der Waals surface area (Å²) in [6.45, 7) is 4.27. The molecule has 1 amide bonds. The first-order chi connectivity index (χ1) is 12.2. The molecular weight excluding hydrogens is 356 g/mol. The van der Waals surface area contributed by atoms with Gasteiger partial charge in [-0.3, -0.25) is 9.59 Å². The largest absolute Gasteiger partial charge is 0.357 e. The number of aryl methyl sites for hydroxylation is 1. The molecule has 130 valence electrons. The van der Waals surface area contributed by atoms with Crippen molar-refractivity contribution in [3.05, 3.63) is 42.0 Å². The second kappa shape index (κ2) is 8.26. The molecule has 0 atom stereocenters. The number of nitrogens with zero attached hydrogens (tertiary/aromatic N) is 2. The van der Waals surface area contributed by atoms with Gasteiger partial charge in [-0.25, -0.2) is 0 Å². The number of thioether (sulfide) groups is 1. The van der Waals surface area contributed by atoms with Crippen LogP contribution in [0.25, 0.3) is 0 Å². The number of anilines is 2. The zero-order chi connectivity index (χ0) is 17.6. The van der Waals surface area contributed by atoms with Crippen molar-refractivity contribution in [2.45, 2.75) is 23.6 Å². The second-order valence-corrected chi connectivity index (χ2v) is 7.73. The molecule has 6 nitrogen and oxygen atoms in total. The van der Waals surface area contributed by atoms with Crippen LogP contribution in [0.1, 0.15) is 28.8 Å². The summed E-state index contributed by atoms with van der Waals surface area (Å²) in [5.41, 5.74) is 2.50. The second-order valence-electron chi connectivity index (χ2n) is 5.53. The lowest BCUT2D eigenvalue weighted by molar-refractivity contribution is -0.116. The van der Waals surface area contributed by atoms with E-state index in [0.717, 1.165) is 33.6 Å². The van der Waals surface area contributed by atoms with Crippen LogP contribution >= 0.6 is 23.1 Å². The van der Waals surface area contributed by atoms with Crippen LogP contribution < -0.4 is 10.6 Å². The van der Waals surface area contributed by atoms with E-state index in [0.29, 0.717) is 24.3 Å². The van der Waals surface area contributed by atoms with Crippen LogP contribution in [0, 0.1) is 0 Å².